The lowest BCUT2D eigenvalue weighted by Crippen LogP contribution is -1.96. The highest BCUT2D eigenvalue weighted by Crippen LogP contribution is 2.28. The molecule has 6 heteroatoms. The van der Waals surface area contributed by atoms with Crippen LogP contribution in [0.25, 0.3) is 33.9 Å². The zero-order chi connectivity index (χ0) is 15.3. The normalized spacial score (nSPS) is 11.4. The molecule has 1 N–H and O–H groups in total. The molecule has 0 fully saturated rings. The monoisotopic (exact) mass is 292 g/mol. The van der Waals surface area contributed by atoms with Crippen LogP contribution < -0.4 is 0 Å². The molecule has 6 nitrogen and oxygen atoms in total. The zero-order valence-electron chi connectivity index (χ0n) is 12.7. The molecule has 3 heterocycles. The Morgan fingerprint density at radius 1 is 1.09 bits per heavy atom. The Morgan fingerprint density at radius 2 is 1.86 bits per heavy atom. The molecule has 1 aromatic carbocycles. The van der Waals surface area contributed by atoms with Crippen molar-refractivity contribution in [2.24, 2.45) is 14.1 Å². The first-order valence-electron chi connectivity index (χ1n) is 7.12. The molecule has 0 spiro atoms. The third kappa shape index (κ3) is 1.77. The number of H-pyrrole nitrogens is 1. The summed E-state index contributed by atoms with van der Waals surface area (Å²) in [4.78, 5) is 12.4. The average molecular weight is 292 g/mol. The van der Waals surface area contributed by atoms with Crippen LogP contribution in [0.15, 0.2) is 36.5 Å². The molecule has 4 rings (SSSR count). The molecule has 0 saturated carbocycles. The Balaban J connectivity index is 1.94. The van der Waals surface area contributed by atoms with Gasteiger partial charge in [-0.15, -0.1) is 0 Å². The Bertz CT molecular complexity index is 958. The van der Waals surface area contributed by atoms with Gasteiger partial charge < -0.3 is 9.55 Å². The van der Waals surface area contributed by atoms with Gasteiger partial charge in [0.05, 0.1) is 6.20 Å². The number of hydrogen-bond acceptors (Lipinski definition) is 3. The number of benzene rings is 1. The Labute approximate surface area is 127 Å². The summed E-state index contributed by atoms with van der Waals surface area (Å²) >= 11 is 0. The van der Waals surface area contributed by atoms with Crippen LogP contribution in [0.5, 0.6) is 0 Å². The molecule has 0 amide bonds. The van der Waals surface area contributed by atoms with E-state index in [0.29, 0.717) is 0 Å². The summed E-state index contributed by atoms with van der Waals surface area (Å²) in [5.41, 5.74) is 4.74. The molecule has 110 valence electrons. The maximum Gasteiger partial charge on any atom is 0.177 e. The minimum Gasteiger partial charge on any atom is -0.333 e. The van der Waals surface area contributed by atoms with Gasteiger partial charge in [0, 0.05) is 19.7 Å². The van der Waals surface area contributed by atoms with Crippen molar-refractivity contribution >= 4 is 11.2 Å². The Hall–Kier alpha value is -2.89. The minimum absolute atomic E-state index is 0.809. The van der Waals surface area contributed by atoms with Crippen LogP contribution in [0.3, 0.4) is 0 Å². The van der Waals surface area contributed by atoms with Crippen LogP contribution in [0.4, 0.5) is 0 Å². The molecule has 0 atom stereocenters. The lowest BCUT2D eigenvalue weighted by molar-refractivity contribution is 0.789. The summed E-state index contributed by atoms with van der Waals surface area (Å²) in [7, 11) is 3.90. The number of imidazole rings is 2. The van der Waals surface area contributed by atoms with E-state index < -0.39 is 0 Å². The molecule has 0 saturated heterocycles. The summed E-state index contributed by atoms with van der Waals surface area (Å²) < 4.78 is 3.83. The highest BCUT2D eigenvalue weighted by Gasteiger charge is 2.17. The van der Waals surface area contributed by atoms with Crippen LogP contribution in [-0.4, -0.2) is 29.3 Å². The van der Waals surface area contributed by atoms with Crippen LogP contribution >= 0.6 is 0 Å². The van der Waals surface area contributed by atoms with E-state index in [2.05, 4.69) is 32.2 Å². The molecule has 4 aromatic rings. The first-order valence-corrected chi connectivity index (χ1v) is 7.12. The van der Waals surface area contributed by atoms with E-state index in [0.717, 1.165) is 39.8 Å². The van der Waals surface area contributed by atoms with Crippen LogP contribution in [0.1, 0.15) is 5.82 Å². The predicted molar refractivity (Wildman–Crippen MR) is 85.2 cm³/mol. The van der Waals surface area contributed by atoms with Gasteiger partial charge in [0.15, 0.2) is 11.5 Å². The minimum atomic E-state index is 0.809. The largest absolute Gasteiger partial charge is 0.333 e. The van der Waals surface area contributed by atoms with Crippen LogP contribution in [0.2, 0.25) is 0 Å². The fourth-order valence-corrected chi connectivity index (χ4v) is 2.65. The summed E-state index contributed by atoms with van der Waals surface area (Å²) in [6, 6.07) is 10.1. The SMILES string of the molecule is Cc1ncc(-c2nc3c([nH]2)c(-c2ccccc2)nn3C)n1C. The van der Waals surface area contributed by atoms with Gasteiger partial charge in [-0.05, 0) is 6.92 Å². The lowest BCUT2D eigenvalue weighted by atomic mass is 10.1. The third-order valence-electron chi connectivity index (χ3n) is 3.99. The van der Waals surface area contributed by atoms with Crippen molar-refractivity contribution < 1.29 is 0 Å². The van der Waals surface area contributed by atoms with E-state index in [9.17, 15) is 0 Å². The number of hydrogen-bond donors (Lipinski definition) is 1. The smallest absolute Gasteiger partial charge is 0.177 e. The van der Waals surface area contributed by atoms with Crippen molar-refractivity contribution in [2.75, 3.05) is 0 Å². The maximum absolute atomic E-state index is 4.69. The standard InChI is InChI=1S/C16H16N6/c1-10-17-9-12(21(10)2)15-18-14-13(11-7-5-4-6-8-11)20-22(3)16(14)19-15/h4-9H,1-3H3,(H,18,19). The predicted octanol–water partition coefficient (Wildman–Crippen LogP) is 2.67. The lowest BCUT2D eigenvalue weighted by Gasteiger charge is -2.00. The molecule has 22 heavy (non-hydrogen) atoms. The van der Waals surface area contributed by atoms with Crippen molar-refractivity contribution in [3.05, 3.63) is 42.4 Å². The van der Waals surface area contributed by atoms with Gasteiger partial charge in [-0.2, -0.15) is 5.10 Å². The van der Waals surface area contributed by atoms with E-state index in [1.807, 2.05) is 50.0 Å². The first kappa shape index (κ1) is 12.8. The summed E-state index contributed by atoms with van der Waals surface area (Å²) in [6.07, 6.45) is 1.84. The van der Waals surface area contributed by atoms with Crippen molar-refractivity contribution in [3.63, 3.8) is 0 Å². The number of nitrogens with one attached hydrogen (secondary N) is 1. The van der Waals surface area contributed by atoms with Crippen molar-refractivity contribution in [2.45, 2.75) is 6.92 Å². The van der Waals surface area contributed by atoms with Crippen molar-refractivity contribution in [3.8, 4) is 22.8 Å². The molecule has 0 aliphatic rings. The van der Waals surface area contributed by atoms with E-state index in [-0.39, 0.29) is 0 Å². The fourth-order valence-electron chi connectivity index (χ4n) is 2.65. The molecular weight excluding hydrogens is 276 g/mol. The summed E-state index contributed by atoms with van der Waals surface area (Å²) in [5, 5.41) is 4.58. The van der Waals surface area contributed by atoms with E-state index in [1.54, 1.807) is 4.68 Å². The molecular formula is C16H16N6. The third-order valence-corrected chi connectivity index (χ3v) is 3.99. The molecule has 0 radical (unpaired) electrons. The van der Waals surface area contributed by atoms with Gasteiger partial charge in [-0.25, -0.2) is 14.6 Å². The summed E-state index contributed by atoms with van der Waals surface area (Å²) in [6.45, 7) is 1.98. The van der Waals surface area contributed by atoms with Gasteiger partial charge in [0.1, 0.15) is 22.7 Å². The average Bonchev–Trinajstić information content (AvgIpc) is 3.18. The highest BCUT2D eigenvalue weighted by molar-refractivity contribution is 5.90. The quantitative estimate of drug-likeness (QED) is 0.618. The van der Waals surface area contributed by atoms with Crippen LogP contribution in [0, 0.1) is 6.92 Å². The molecule has 0 aliphatic carbocycles. The number of rotatable bonds is 2. The number of fused-ring (bicyclic) bond motifs is 1. The molecule has 0 unspecified atom stereocenters. The highest BCUT2D eigenvalue weighted by atomic mass is 15.3. The number of aromatic amines is 1. The molecule has 3 aromatic heterocycles. The fraction of sp³-hybridized carbons (Fsp3) is 0.188. The summed E-state index contributed by atoms with van der Waals surface area (Å²) in [5.74, 6) is 1.76. The molecule has 0 aliphatic heterocycles. The van der Waals surface area contributed by atoms with Gasteiger partial charge in [-0.1, -0.05) is 30.3 Å². The zero-order valence-corrected chi connectivity index (χ0v) is 12.7. The second kappa shape index (κ2) is 4.56. The maximum atomic E-state index is 4.69. The van der Waals surface area contributed by atoms with E-state index >= 15 is 0 Å². The van der Waals surface area contributed by atoms with Gasteiger partial charge in [0.2, 0.25) is 0 Å². The van der Waals surface area contributed by atoms with E-state index in [1.165, 1.54) is 0 Å². The first-order chi connectivity index (χ1) is 10.6. The van der Waals surface area contributed by atoms with Gasteiger partial charge >= 0.3 is 0 Å². The Kier molecular flexibility index (Phi) is 2.66. The molecule has 0 bridgehead atoms. The van der Waals surface area contributed by atoms with Gasteiger partial charge in [0.25, 0.3) is 0 Å². The second-order valence-electron chi connectivity index (χ2n) is 5.37. The van der Waals surface area contributed by atoms with Crippen LogP contribution in [-0.2, 0) is 14.1 Å². The number of aryl methyl sites for hydroxylation is 2. The van der Waals surface area contributed by atoms with E-state index in [4.69, 9.17) is 0 Å². The number of nitrogens with zero attached hydrogens (tertiary/aromatic N) is 5. The topological polar surface area (TPSA) is 64.3 Å². The van der Waals surface area contributed by atoms with Crippen molar-refractivity contribution in [1.82, 2.24) is 29.3 Å². The Morgan fingerprint density at radius 3 is 2.55 bits per heavy atom. The van der Waals surface area contributed by atoms with Crippen molar-refractivity contribution in [1.29, 1.82) is 0 Å². The number of aromatic nitrogens is 6. The second-order valence-corrected chi connectivity index (χ2v) is 5.37. The van der Waals surface area contributed by atoms with Gasteiger partial charge in [-0.3, -0.25) is 0 Å².